The van der Waals surface area contributed by atoms with Gasteiger partial charge in [0.15, 0.2) is 6.29 Å². The standard InChI is InChI=1S/C15H14O3/c1-3-8-18-12-6-4-11-5-7-15(17-2)14(10-16)13(11)9-12/h3-7,9-10H,1,8H2,2H3. The van der Waals surface area contributed by atoms with E-state index < -0.39 is 0 Å². The maximum absolute atomic E-state index is 11.2. The van der Waals surface area contributed by atoms with Gasteiger partial charge < -0.3 is 9.47 Å². The first-order chi connectivity index (χ1) is 8.80. The van der Waals surface area contributed by atoms with Gasteiger partial charge in [0.05, 0.1) is 12.7 Å². The van der Waals surface area contributed by atoms with Crippen molar-refractivity contribution in [1.82, 2.24) is 0 Å². The number of fused-ring (bicyclic) bond motifs is 1. The fraction of sp³-hybridized carbons (Fsp3) is 0.133. The summed E-state index contributed by atoms with van der Waals surface area (Å²) in [5.74, 6) is 1.28. The van der Waals surface area contributed by atoms with Crippen LogP contribution in [0.25, 0.3) is 10.8 Å². The van der Waals surface area contributed by atoms with Crippen LogP contribution in [0.4, 0.5) is 0 Å². The van der Waals surface area contributed by atoms with Gasteiger partial charge in [-0.1, -0.05) is 24.8 Å². The summed E-state index contributed by atoms with van der Waals surface area (Å²) in [6.07, 6.45) is 2.48. The highest BCUT2D eigenvalue weighted by atomic mass is 16.5. The second-order valence-corrected chi connectivity index (χ2v) is 3.78. The fourth-order valence-corrected chi connectivity index (χ4v) is 1.85. The highest BCUT2D eigenvalue weighted by Gasteiger charge is 2.08. The summed E-state index contributed by atoms with van der Waals surface area (Å²) in [6, 6.07) is 9.33. The first kappa shape index (κ1) is 12.2. The number of hydrogen-bond acceptors (Lipinski definition) is 3. The summed E-state index contributed by atoms with van der Waals surface area (Å²) < 4.78 is 10.6. The van der Waals surface area contributed by atoms with Gasteiger partial charge in [0.2, 0.25) is 0 Å². The maximum atomic E-state index is 11.2. The monoisotopic (exact) mass is 242 g/mol. The first-order valence-electron chi connectivity index (χ1n) is 5.59. The molecular weight excluding hydrogens is 228 g/mol. The lowest BCUT2D eigenvalue weighted by molar-refractivity contribution is 0.112. The molecule has 2 aromatic carbocycles. The molecule has 0 fully saturated rings. The molecule has 0 bridgehead atoms. The topological polar surface area (TPSA) is 35.5 Å². The van der Waals surface area contributed by atoms with Gasteiger partial charge in [-0.2, -0.15) is 0 Å². The molecule has 2 rings (SSSR count). The predicted octanol–water partition coefficient (Wildman–Crippen LogP) is 3.23. The van der Waals surface area contributed by atoms with Crippen LogP contribution >= 0.6 is 0 Å². The Balaban J connectivity index is 2.57. The second-order valence-electron chi connectivity index (χ2n) is 3.78. The molecule has 0 atom stereocenters. The van der Waals surface area contributed by atoms with E-state index in [9.17, 15) is 4.79 Å². The Labute approximate surface area is 106 Å². The van der Waals surface area contributed by atoms with Gasteiger partial charge in [0.25, 0.3) is 0 Å². The van der Waals surface area contributed by atoms with Crippen LogP contribution in [0, 0.1) is 0 Å². The van der Waals surface area contributed by atoms with E-state index >= 15 is 0 Å². The SMILES string of the molecule is C=CCOc1ccc2ccc(OC)c(C=O)c2c1. The molecule has 2 aromatic rings. The molecule has 0 aliphatic rings. The molecule has 3 heteroatoms. The number of methoxy groups -OCH3 is 1. The van der Waals surface area contributed by atoms with Crippen molar-refractivity contribution >= 4 is 17.1 Å². The minimum atomic E-state index is 0.436. The zero-order valence-electron chi connectivity index (χ0n) is 10.2. The number of hydrogen-bond donors (Lipinski definition) is 0. The lowest BCUT2D eigenvalue weighted by Gasteiger charge is -2.09. The van der Waals surface area contributed by atoms with Crippen LogP contribution in [0.15, 0.2) is 43.0 Å². The molecule has 0 heterocycles. The van der Waals surface area contributed by atoms with Crippen molar-refractivity contribution in [3.05, 3.63) is 48.6 Å². The third-order valence-corrected chi connectivity index (χ3v) is 2.70. The second kappa shape index (κ2) is 5.36. The zero-order chi connectivity index (χ0) is 13.0. The molecular formula is C15H14O3. The third-order valence-electron chi connectivity index (χ3n) is 2.70. The van der Waals surface area contributed by atoms with Gasteiger partial charge >= 0.3 is 0 Å². The van der Waals surface area contributed by atoms with Crippen LogP contribution in [0.1, 0.15) is 10.4 Å². The molecule has 0 unspecified atom stereocenters. The molecule has 92 valence electrons. The van der Waals surface area contributed by atoms with E-state index in [1.165, 1.54) is 0 Å². The number of ether oxygens (including phenoxy) is 2. The minimum Gasteiger partial charge on any atom is -0.496 e. The Morgan fingerprint density at radius 1 is 1.28 bits per heavy atom. The van der Waals surface area contributed by atoms with E-state index in [1.54, 1.807) is 19.3 Å². The number of aldehydes is 1. The Morgan fingerprint density at radius 3 is 2.72 bits per heavy atom. The summed E-state index contributed by atoms with van der Waals surface area (Å²) in [5.41, 5.74) is 0.541. The third kappa shape index (κ3) is 2.20. The van der Waals surface area contributed by atoms with E-state index in [0.29, 0.717) is 23.7 Å². The van der Waals surface area contributed by atoms with Gasteiger partial charge in [-0.15, -0.1) is 0 Å². The van der Waals surface area contributed by atoms with Crippen molar-refractivity contribution in [2.75, 3.05) is 13.7 Å². The first-order valence-corrected chi connectivity index (χ1v) is 5.59. The average Bonchev–Trinajstić information content (AvgIpc) is 2.43. The lowest BCUT2D eigenvalue weighted by atomic mass is 10.0. The highest BCUT2D eigenvalue weighted by molar-refractivity contribution is 6.01. The van der Waals surface area contributed by atoms with Crippen molar-refractivity contribution in [3.8, 4) is 11.5 Å². The summed E-state index contributed by atoms with van der Waals surface area (Å²) >= 11 is 0. The van der Waals surface area contributed by atoms with Crippen molar-refractivity contribution in [2.45, 2.75) is 0 Å². The van der Waals surface area contributed by atoms with Crippen LogP contribution in [0.2, 0.25) is 0 Å². The van der Waals surface area contributed by atoms with Gasteiger partial charge in [0, 0.05) is 0 Å². The van der Waals surface area contributed by atoms with E-state index in [-0.39, 0.29) is 0 Å². The predicted molar refractivity (Wildman–Crippen MR) is 71.6 cm³/mol. The molecule has 0 saturated carbocycles. The van der Waals surface area contributed by atoms with Crippen LogP contribution in [-0.4, -0.2) is 20.0 Å². The van der Waals surface area contributed by atoms with Crippen molar-refractivity contribution < 1.29 is 14.3 Å². The molecule has 0 aliphatic carbocycles. The largest absolute Gasteiger partial charge is 0.496 e. The Morgan fingerprint density at radius 2 is 2.06 bits per heavy atom. The average molecular weight is 242 g/mol. The van der Waals surface area contributed by atoms with Gasteiger partial charge in [-0.25, -0.2) is 0 Å². The van der Waals surface area contributed by atoms with Crippen molar-refractivity contribution in [2.24, 2.45) is 0 Å². The van der Waals surface area contributed by atoms with E-state index in [1.807, 2.05) is 24.3 Å². The number of carbonyl (C=O) groups is 1. The van der Waals surface area contributed by atoms with E-state index in [0.717, 1.165) is 17.1 Å². The quantitative estimate of drug-likeness (QED) is 0.596. The van der Waals surface area contributed by atoms with Gasteiger partial charge in [-0.05, 0) is 29.0 Å². The van der Waals surface area contributed by atoms with Gasteiger partial charge in [0.1, 0.15) is 18.1 Å². The molecule has 18 heavy (non-hydrogen) atoms. The van der Waals surface area contributed by atoms with Crippen LogP contribution in [0.5, 0.6) is 11.5 Å². The fourth-order valence-electron chi connectivity index (χ4n) is 1.85. The Kier molecular flexibility index (Phi) is 3.63. The minimum absolute atomic E-state index is 0.436. The van der Waals surface area contributed by atoms with Gasteiger partial charge in [-0.3, -0.25) is 4.79 Å². The van der Waals surface area contributed by atoms with Crippen LogP contribution < -0.4 is 9.47 Å². The maximum Gasteiger partial charge on any atom is 0.154 e. The molecule has 0 aromatic heterocycles. The molecule has 0 amide bonds. The number of carbonyl (C=O) groups excluding carboxylic acids is 1. The van der Waals surface area contributed by atoms with E-state index in [2.05, 4.69) is 6.58 Å². The van der Waals surface area contributed by atoms with Crippen LogP contribution in [0.3, 0.4) is 0 Å². The molecule has 3 nitrogen and oxygen atoms in total. The molecule has 0 aliphatic heterocycles. The smallest absolute Gasteiger partial charge is 0.154 e. The molecule has 0 saturated heterocycles. The van der Waals surface area contributed by atoms with Crippen LogP contribution in [-0.2, 0) is 0 Å². The summed E-state index contributed by atoms with van der Waals surface area (Å²) in [4.78, 5) is 11.2. The number of benzene rings is 2. The molecule has 0 radical (unpaired) electrons. The van der Waals surface area contributed by atoms with Crippen molar-refractivity contribution in [3.63, 3.8) is 0 Å². The number of rotatable bonds is 5. The Hall–Kier alpha value is -2.29. The lowest BCUT2D eigenvalue weighted by Crippen LogP contribution is -1.95. The van der Waals surface area contributed by atoms with E-state index in [4.69, 9.17) is 9.47 Å². The molecule has 0 spiro atoms. The molecule has 0 N–H and O–H groups in total. The summed E-state index contributed by atoms with van der Waals surface area (Å²) in [7, 11) is 1.55. The highest BCUT2D eigenvalue weighted by Crippen LogP contribution is 2.29. The zero-order valence-corrected chi connectivity index (χ0v) is 10.2. The Bertz CT molecular complexity index is 588. The summed E-state index contributed by atoms with van der Waals surface area (Å²) in [5, 5.41) is 1.80. The van der Waals surface area contributed by atoms with Crippen molar-refractivity contribution in [1.29, 1.82) is 0 Å². The normalized spacial score (nSPS) is 10.1. The summed E-state index contributed by atoms with van der Waals surface area (Å²) in [6.45, 7) is 4.03.